The fourth-order valence-corrected chi connectivity index (χ4v) is 2.33. The van der Waals surface area contributed by atoms with E-state index in [0.29, 0.717) is 0 Å². The quantitative estimate of drug-likeness (QED) is 0.548. The molecule has 0 heterocycles. The average molecular weight is 228 g/mol. The lowest BCUT2D eigenvalue weighted by Crippen LogP contribution is -2.09. The van der Waals surface area contributed by atoms with Gasteiger partial charge in [0.15, 0.2) is 5.78 Å². The predicted molar refractivity (Wildman–Crippen MR) is 71.4 cm³/mol. The number of carbonyl (C=O) groups is 1. The average Bonchev–Trinajstić information content (AvgIpc) is 2.29. The van der Waals surface area contributed by atoms with Crippen LogP contribution in [0.15, 0.2) is 35.9 Å². The van der Waals surface area contributed by atoms with Gasteiger partial charge in [-0.05, 0) is 43.2 Å². The molecule has 17 heavy (non-hydrogen) atoms. The van der Waals surface area contributed by atoms with Crippen LogP contribution in [0.1, 0.15) is 61.4 Å². The Labute approximate surface area is 104 Å². The molecule has 2 rings (SSSR count). The van der Waals surface area contributed by atoms with Gasteiger partial charge in [0.25, 0.3) is 0 Å². The lowest BCUT2D eigenvalue weighted by molar-refractivity contribution is 0.103. The van der Waals surface area contributed by atoms with E-state index in [2.05, 4.69) is 12.1 Å². The maximum Gasteiger partial charge on any atom is 0.188 e. The van der Waals surface area contributed by atoms with Crippen LogP contribution in [-0.4, -0.2) is 5.78 Å². The Morgan fingerprint density at radius 1 is 1.29 bits per heavy atom. The first-order valence-electron chi connectivity index (χ1n) is 6.56. The second-order valence-electron chi connectivity index (χ2n) is 4.75. The number of carbonyl (C=O) groups excluding carboxylic acids is 1. The van der Waals surface area contributed by atoms with Crippen molar-refractivity contribution >= 4 is 5.78 Å². The normalized spacial score (nSPS) is 16.7. The largest absolute Gasteiger partial charge is 0.289 e. The molecule has 0 bridgehead atoms. The Balaban J connectivity index is 2.14. The fraction of sp³-hybridized carbons (Fsp3) is 0.438. The van der Waals surface area contributed by atoms with Crippen LogP contribution in [-0.2, 0) is 0 Å². The molecular weight excluding hydrogens is 208 g/mol. The first kappa shape index (κ1) is 12.1. The first-order chi connectivity index (χ1) is 8.26. The summed E-state index contributed by atoms with van der Waals surface area (Å²) in [4.78, 5) is 12.1. The summed E-state index contributed by atoms with van der Waals surface area (Å²) in [5.74, 6) is 0.918. The van der Waals surface area contributed by atoms with Gasteiger partial charge in [-0.15, -0.1) is 0 Å². The fourth-order valence-electron chi connectivity index (χ4n) is 2.33. The van der Waals surface area contributed by atoms with Gasteiger partial charge in [-0.1, -0.05) is 43.7 Å². The van der Waals surface area contributed by atoms with Crippen molar-refractivity contribution in [2.75, 3.05) is 0 Å². The van der Waals surface area contributed by atoms with Crippen LogP contribution >= 0.6 is 0 Å². The smallest absolute Gasteiger partial charge is 0.188 e. The van der Waals surface area contributed by atoms with Gasteiger partial charge < -0.3 is 0 Å². The Bertz CT molecular complexity index is 421. The molecule has 0 unspecified atom stereocenters. The van der Waals surface area contributed by atoms with Crippen LogP contribution in [0, 0.1) is 0 Å². The van der Waals surface area contributed by atoms with E-state index < -0.39 is 0 Å². The van der Waals surface area contributed by atoms with Crippen molar-refractivity contribution in [2.45, 2.75) is 45.4 Å². The minimum atomic E-state index is 0.176. The van der Waals surface area contributed by atoms with Crippen LogP contribution in [0.25, 0.3) is 0 Å². The summed E-state index contributed by atoms with van der Waals surface area (Å²) >= 11 is 0. The van der Waals surface area contributed by atoms with Crippen molar-refractivity contribution < 1.29 is 4.79 Å². The van der Waals surface area contributed by atoms with Crippen LogP contribution in [0.2, 0.25) is 0 Å². The highest BCUT2D eigenvalue weighted by Gasteiger charge is 2.19. The van der Waals surface area contributed by atoms with E-state index >= 15 is 0 Å². The van der Waals surface area contributed by atoms with E-state index in [1.807, 2.05) is 32.1 Å². The van der Waals surface area contributed by atoms with Crippen LogP contribution < -0.4 is 0 Å². The zero-order valence-electron chi connectivity index (χ0n) is 10.7. The third kappa shape index (κ3) is 2.49. The topological polar surface area (TPSA) is 17.1 Å². The van der Waals surface area contributed by atoms with E-state index in [1.54, 1.807) is 0 Å². The van der Waals surface area contributed by atoms with Crippen molar-refractivity contribution in [3.05, 3.63) is 47.0 Å². The summed E-state index contributed by atoms with van der Waals surface area (Å²) in [7, 11) is 0. The molecule has 1 aromatic rings. The number of allylic oxidation sites excluding steroid dienone is 2. The number of hydrogen-bond acceptors (Lipinski definition) is 1. The summed E-state index contributed by atoms with van der Waals surface area (Å²) in [6.07, 6.45) is 6.69. The second kappa shape index (κ2) is 5.31. The summed E-state index contributed by atoms with van der Waals surface area (Å²) in [6, 6.07) is 8.21. The predicted octanol–water partition coefficient (Wildman–Crippen LogP) is 4.49. The zero-order valence-corrected chi connectivity index (χ0v) is 10.7. The Hall–Kier alpha value is -1.37. The molecule has 90 valence electrons. The second-order valence-corrected chi connectivity index (χ2v) is 4.75. The molecule has 1 saturated carbocycles. The molecule has 1 aliphatic carbocycles. The van der Waals surface area contributed by atoms with E-state index in [0.717, 1.165) is 23.5 Å². The third-order valence-electron chi connectivity index (χ3n) is 3.77. The maximum atomic E-state index is 12.1. The highest BCUT2D eigenvalue weighted by molar-refractivity contribution is 6.08. The summed E-state index contributed by atoms with van der Waals surface area (Å²) < 4.78 is 0. The summed E-state index contributed by atoms with van der Waals surface area (Å²) in [6.45, 7) is 3.95. The molecule has 0 atom stereocenters. The van der Waals surface area contributed by atoms with Crippen LogP contribution in [0.3, 0.4) is 0 Å². The molecule has 0 aromatic heterocycles. The Morgan fingerprint density at radius 3 is 2.35 bits per heavy atom. The number of rotatable bonds is 4. The zero-order chi connectivity index (χ0) is 12.3. The van der Waals surface area contributed by atoms with Gasteiger partial charge in [0.1, 0.15) is 0 Å². The SMILES string of the molecule is C/C=C(/CC)C(=O)c1ccc(C2CCC2)cc1. The van der Waals surface area contributed by atoms with Gasteiger partial charge in [-0.2, -0.15) is 0 Å². The summed E-state index contributed by atoms with van der Waals surface area (Å²) in [5, 5.41) is 0. The Morgan fingerprint density at radius 2 is 1.94 bits per heavy atom. The Kier molecular flexibility index (Phi) is 3.78. The molecule has 0 N–H and O–H groups in total. The van der Waals surface area contributed by atoms with E-state index in [9.17, 15) is 4.79 Å². The molecule has 0 amide bonds. The molecule has 0 aliphatic heterocycles. The minimum Gasteiger partial charge on any atom is -0.289 e. The van der Waals surface area contributed by atoms with Crippen molar-refractivity contribution in [3.63, 3.8) is 0 Å². The molecule has 1 nitrogen and oxygen atoms in total. The van der Waals surface area contributed by atoms with Gasteiger partial charge in [0.2, 0.25) is 0 Å². The van der Waals surface area contributed by atoms with Gasteiger partial charge >= 0.3 is 0 Å². The molecule has 1 aliphatic rings. The number of Topliss-reactive ketones (excluding diaryl/α,β-unsaturated/α-hetero) is 1. The van der Waals surface area contributed by atoms with Gasteiger partial charge in [-0.25, -0.2) is 0 Å². The van der Waals surface area contributed by atoms with Crippen LogP contribution in [0.5, 0.6) is 0 Å². The molecular formula is C16H20O. The molecule has 1 fully saturated rings. The molecule has 0 spiro atoms. The van der Waals surface area contributed by atoms with Gasteiger partial charge in [-0.3, -0.25) is 4.79 Å². The number of hydrogen-bond donors (Lipinski definition) is 0. The molecule has 0 radical (unpaired) electrons. The molecule has 0 saturated heterocycles. The van der Waals surface area contributed by atoms with Crippen LogP contribution in [0.4, 0.5) is 0 Å². The number of benzene rings is 1. The molecule has 1 heteroatoms. The summed E-state index contributed by atoms with van der Waals surface area (Å²) in [5.41, 5.74) is 3.12. The highest BCUT2D eigenvalue weighted by Crippen LogP contribution is 2.36. The van der Waals surface area contributed by atoms with E-state index in [4.69, 9.17) is 0 Å². The van der Waals surface area contributed by atoms with Crippen molar-refractivity contribution in [2.24, 2.45) is 0 Å². The maximum absolute atomic E-state index is 12.1. The van der Waals surface area contributed by atoms with E-state index in [-0.39, 0.29) is 5.78 Å². The van der Waals surface area contributed by atoms with Gasteiger partial charge in [0, 0.05) is 5.56 Å². The first-order valence-corrected chi connectivity index (χ1v) is 6.56. The van der Waals surface area contributed by atoms with Crippen molar-refractivity contribution in [3.8, 4) is 0 Å². The van der Waals surface area contributed by atoms with Crippen molar-refractivity contribution in [1.82, 2.24) is 0 Å². The standard InChI is InChI=1S/C16H20O/c1-3-12(4-2)16(17)15-10-8-14(9-11-15)13-6-5-7-13/h3,8-11,13H,4-7H2,1-2H3/b12-3-. The van der Waals surface area contributed by atoms with E-state index in [1.165, 1.54) is 24.8 Å². The third-order valence-corrected chi connectivity index (χ3v) is 3.77. The number of ketones is 1. The van der Waals surface area contributed by atoms with Gasteiger partial charge in [0.05, 0.1) is 0 Å². The van der Waals surface area contributed by atoms with Crippen molar-refractivity contribution in [1.29, 1.82) is 0 Å². The highest BCUT2D eigenvalue weighted by atomic mass is 16.1. The lowest BCUT2D eigenvalue weighted by atomic mass is 9.80. The minimum absolute atomic E-state index is 0.176. The monoisotopic (exact) mass is 228 g/mol. The lowest BCUT2D eigenvalue weighted by Gasteiger charge is -2.25. The molecule has 1 aromatic carbocycles.